The molecule has 5 nitrogen and oxygen atoms in total. The van der Waals surface area contributed by atoms with Crippen molar-refractivity contribution in [3.63, 3.8) is 0 Å². The Kier molecular flexibility index (Phi) is 9.59. The molecular weight excluding hydrogens is 280 g/mol. The van der Waals surface area contributed by atoms with Gasteiger partial charge in [0.15, 0.2) is 0 Å². The minimum atomic E-state index is 0. The van der Waals surface area contributed by atoms with Crippen molar-refractivity contribution in [3.05, 3.63) is 23.8 Å². The van der Waals surface area contributed by atoms with Crippen molar-refractivity contribution in [1.29, 1.82) is 0 Å². The first-order valence-electron chi connectivity index (χ1n) is 6.33. The number of amides is 1. The van der Waals surface area contributed by atoms with Crippen molar-refractivity contribution in [2.45, 2.75) is 12.8 Å². The van der Waals surface area contributed by atoms with Crippen molar-refractivity contribution >= 4 is 18.3 Å². The Morgan fingerprint density at radius 1 is 1.20 bits per heavy atom. The van der Waals surface area contributed by atoms with Gasteiger partial charge >= 0.3 is 0 Å². The third-order valence-corrected chi connectivity index (χ3v) is 2.81. The molecule has 0 heterocycles. The summed E-state index contributed by atoms with van der Waals surface area (Å²) >= 11 is 0. The zero-order valence-electron chi connectivity index (χ0n) is 12.2. The van der Waals surface area contributed by atoms with Crippen LogP contribution in [0.5, 0.6) is 11.5 Å². The highest BCUT2D eigenvalue weighted by molar-refractivity contribution is 5.85. The molecular formula is C14H23ClN2O3. The largest absolute Gasteiger partial charge is 0.497 e. The van der Waals surface area contributed by atoms with E-state index in [4.69, 9.17) is 9.47 Å². The molecule has 0 saturated heterocycles. The Morgan fingerprint density at radius 2 is 1.95 bits per heavy atom. The number of rotatable bonds is 8. The summed E-state index contributed by atoms with van der Waals surface area (Å²) in [6.45, 7) is 1.28. The van der Waals surface area contributed by atoms with Crippen molar-refractivity contribution in [3.8, 4) is 11.5 Å². The highest BCUT2D eigenvalue weighted by atomic mass is 35.5. The van der Waals surface area contributed by atoms with E-state index in [2.05, 4.69) is 10.6 Å². The number of hydrogen-bond acceptors (Lipinski definition) is 4. The lowest BCUT2D eigenvalue weighted by atomic mass is 10.1. The summed E-state index contributed by atoms with van der Waals surface area (Å²) in [5.74, 6) is 1.65. The second-order valence-corrected chi connectivity index (χ2v) is 4.13. The molecule has 6 heteroatoms. The predicted molar refractivity (Wildman–Crippen MR) is 82.1 cm³/mol. The Hall–Kier alpha value is -1.46. The van der Waals surface area contributed by atoms with Crippen LogP contribution in [-0.4, -0.2) is 40.3 Å². The second kappa shape index (κ2) is 10.3. The smallest absolute Gasteiger partial charge is 0.221 e. The minimum Gasteiger partial charge on any atom is -0.497 e. The summed E-state index contributed by atoms with van der Waals surface area (Å²) in [5.41, 5.74) is 1.02. The summed E-state index contributed by atoms with van der Waals surface area (Å²) in [6, 6.07) is 5.66. The summed E-state index contributed by atoms with van der Waals surface area (Å²) in [6.07, 6.45) is 1.21. The van der Waals surface area contributed by atoms with E-state index < -0.39 is 0 Å². The Morgan fingerprint density at radius 3 is 2.55 bits per heavy atom. The number of nitrogens with one attached hydrogen (secondary N) is 2. The third kappa shape index (κ3) is 6.12. The molecule has 114 valence electrons. The van der Waals surface area contributed by atoms with E-state index in [9.17, 15) is 4.79 Å². The lowest BCUT2D eigenvalue weighted by Gasteiger charge is -2.11. The molecule has 0 unspecified atom stereocenters. The summed E-state index contributed by atoms with van der Waals surface area (Å²) in [5, 5.41) is 5.82. The minimum absolute atomic E-state index is 0. The van der Waals surface area contributed by atoms with Gasteiger partial charge in [-0.25, -0.2) is 0 Å². The highest BCUT2D eigenvalue weighted by Crippen LogP contribution is 2.23. The average molecular weight is 303 g/mol. The molecule has 0 aliphatic carbocycles. The van der Waals surface area contributed by atoms with E-state index in [1.807, 2.05) is 25.2 Å². The number of carbonyl (C=O) groups is 1. The first-order chi connectivity index (χ1) is 9.21. The Labute approximate surface area is 126 Å². The molecule has 0 bridgehead atoms. The fourth-order valence-corrected chi connectivity index (χ4v) is 1.74. The van der Waals surface area contributed by atoms with Crippen LogP contribution >= 0.6 is 12.4 Å². The van der Waals surface area contributed by atoms with Crippen LogP contribution in [-0.2, 0) is 11.2 Å². The molecule has 0 fully saturated rings. The lowest BCUT2D eigenvalue weighted by Crippen LogP contribution is -2.28. The van der Waals surface area contributed by atoms with Gasteiger partial charge in [0.05, 0.1) is 14.2 Å². The summed E-state index contributed by atoms with van der Waals surface area (Å²) in [4.78, 5) is 11.5. The van der Waals surface area contributed by atoms with Crippen molar-refractivity contribution in [2.24, 2.45) is 0 Å². The molecule has 0 spiro atoms. The van der Waals surface area contributed by atoms with Crippen LogP contribution in [0.3, 0.4) is 0 Å². The van der Waals surface area contributed by atoms with Crippen molar-refractivity contribution in [1.82, 2.24) is 10.6 Å². The monoisotopic (exact) mass is 302 g/mol. The molecule has 0 aliphatic heterocycles. The van der Waals surface area contributed by atoms with Gasteiger partial charge in [0.25, 0.3) is 0 Å². The van der Waals surface area contributed by atoms with Crippen LogP contribution < -0.4 is 20.1 Å². The fraction of sp³-hybridized carbons (Fsp3) is 0.500. The van der Waals surface area contributed by atoms with Crippen molar-refractivity contribution in [2.75, 3.05) is 34.4 Å². The number of carbonyl (C=O) groups excluding carboxylic acids is 1. The van der Waals surface area contributed by atoms with E-state index in [0.717, 1.165) is 17.1 Å². The zero-order valence-corrected chi connectivity index (χ0v) is 13.0. The molecule has 1 rings (SSSR count). The highest BCUT2D eigenvalue weighted by Gasteiger charge is 2.06. The quantitative estimate of drug-likeness (QED) is 0.762. The Bertz CT molecular complexity index is 413. The normalized spacial score (nSPS) is 9.55. The average Bonchev–Trinajstić information content (AvgIpc) is 2.44. The standard InChI is InChI=1S/C14H22N2O3.ClH/c1-15-8-7-14(17)16-9-6-11-10-12(18-2)4-5-13(11)19-3;/h4-5,10,15H,6-9H2,1-3H3,(H,16,17);1H. The molecule has 20 heavy (non-hydrogen) atoms. The second-order valence-electron chi connectivity index (χ2n) is 4.13. The van der Waals surface area contributed by atoms with Crippen LogP contribution in [0.4, 0.5) is 0 Å². The molecule has 0 aliphatic rings. The Balaban J connectivity index is 0.00000361. The number of ether oxygens (including phenoxy) is 2. The summed E-state index contributed by atoms with van der Waals surface area (Å²) in [7, 11) is 5.09. The van der Waals surface area contributed by atoms with Gasteiger partial charge in [-0.1, -0.05) is 0 Å². The fourth-order valence-electron chi connectivity index (χ4n) is 1.74. The molecule has 1 aromatic rings. The maximum absolute atomic E-state index is 11.5. The van der Waals surface area contributed by atoms with Gasteiger partial charge in [-0.15, -0.1) is 12.4 Å². The molecule has 0 aromatic heterocycles. The number of benzene rings is 1. The van der Waals surface area contributed by atoms with Crippen LogP contribution in [0.15, 0.2) is 18.2 Å². The third-order valence-electron chi connectivity index (χ3n) is 2.81. The van der Waals surface area contributed by atoms with Crippen LogP contribution in [0.25, 0.3) is 0 Å². The first-order valence-corrected chi connectivity index (χ1v) is 6.33. The van der Waals surface area contributed by atoms with E-state index in [0.29, 0.717) is 25.9 Å². The predicted octanol–water partition coefficient (Wildman–Crippen LogP) is 1.39. The number of methoxy groups -OCH3 is 2. The molecule has 0 saturated carbocycles. The number of halogens is 1. The van der Waals surface area contributed by atoms with Gasteiger partial charge in [0.1, 0.15) is 11.5 Å². The maximum Gasteiger partial charge on any atom is 0.221 e. The van der Waals surface area contributed by atoms with Gasteiger partial charge in [0, 0.05) is 19.5 Å². The lowest BCUT2D eigenvalue weighted by molar-refractivity contribution is -0.120. The first kappa shape index (κ1) is 18.5. The van der Waals surface area contributed by atoms with Gasteiger partial charge in [-0.2, -0.15) is 0 Å². The molecule has 0 radical (unpaired) electrons. The molecule has 0 atom stereocenters. The zero-order chi connectivity index (χ0) is 14.1. The SMILES string of the molecule is CNCCC(=O)NCCc1cc(OC)ccc1OC.Cl. The van der Waals surface area contributed by atoms with Gasteiger partial charge in [0.2, 0.25) is 5.91 Å². The van der Waals surface area contributed by atoms with E-state index in [1.54, 1.807) is 14.2 Å². The number of hydrogen-bond donors (Lipinski definition) is 2. The topological polar surface area (TPSA) is 59.6 Å². The molecule has 1 aromatic carbocycles. The van der Waals surface area contributed by atoms with Gasteiger partial charge in [-0.3, -0.25) is 4.79 Å². The molecule has 1 amide bonds. The van der Waals surface area contributed by atoms with E-state index in [1.165, 1.54) is 0 Å². The van der Waals surface area contributed by atoms with Crippen LogP contribution in [0.1, 0.15) is 12.0 Å². The van der Waals surface area contributed by atoms with Gasteiger partial charge < -0.3 is 20.1 Å². The van der Waals surface area contributed by atoms with E-state index >= 15 is 0 Å². The van der Waals surface area contributed by atoms with Gasteiger partial charge in [-0.05, 0) is 37.2 Å². The van der Waals surface area contributed by atoms with E-state index in [-0.39, 0.29) is 18.3 Å². The van der Waals surface area contributed by atoms with Crippen molar-refractivity contribution < 1.29 is 14.3 Å². The van der Waals surface area contributed by atoms with Crippen LogP contribution in [0, 0.1) is 0 Å². The summed E-state index contributed by atoms with van der Waals surface area (Å²) < 4.78 is 10.5. The maximum atomic E-state index is 11.5. The van der Waals surface area contributed by atoms with Crippen LogP contribution in [0.2, 0.25) is 0 Å². The molecule has 2 N–H and O–H groups in total.